The van der Waals surface area contributed by atoms with Crippen molar-refractivity contribution >= 4 is 29.9 Å². The zero-order valence-electron chi connectivity index (χ0n) is 17.0. The molecule has 0 aliphatic carbocycles. The minimum absolute atomic E-state index is 0. The number of hydrogen-bond donors (Lipinski definition) is 2. The number of nitrogens with zero attached hydrogens (tertiary/aromatic N) is 3. The number of pyridine rings is 1. The topological polar surface area (TPSA) is 84.6 Å². The number of guanidine groups is 1. The van der Waals surface area contributed by atoms with Gasteiger partial charge in [-0.05, 0) is 20.3 Å². The minimum Gasteiger partial charge on any atom is -0.496 e. The van der Waals surface area contributed by atoms with Crippen LogP contribution in [0.5, 0.6) is 5.75 Å². The summed E-state index contributed by atoms with van der Waals surface area (Å²) in [5.74, 6) is 2.51. The Morgan fingerprint density at radius 1 is 1.15 bits per heavy atom. The fourth-order valence-corrected chi connectivity index (χ4v) is 2.95. The van der Waals surface area contributed by atoms with E-state index < -0.39 is 0 Å². The van der Waals surface area contributed by atoms with Crippen LogP contribution in [0.1, 0.15) is 47.7 Å². The van der Waals surface area contributed by atoms with Crippen molar-refractivity contribution in [2.24, 2.45) is 4.99 Å². The molecule has 8 heteroatoms. The first-order valence-electron chi connectivity index (χ1n) is 8.95. The van der Waals surface area contributed by atoms with Gasteiger partial charge in [0.1, 0.15) is 11.5 Å². The Kier molecular flexibility index (Phi) is 9.54. The number of aromatic nitrogens is 2. The zero-order chi connectivity index (χ0) is 19.1. The number of hydrogen-bond acceptors (Lipinski definition) is 5. The van der Waals surface area contributed by atoms with Crippen molar-refractivity contribution in [1.82, 2.24) is 20.8 Å². The highest BCUT2D eigenvalue weighted by Crippen LogP contribution is 2.23. The van der Waals surface area contributed by atoms with Gasteiger partial charge in [0.25, 0.3) is 0 Å². The summed E-state index contributed by atoms with van der Waals surface area (Å²) in [5, 5.41) is 10.8. The maximum atomic E-state index is 5.47. The molecule has 0 fully saturated rings. The third kappa shape index (κ3) is 5.57. The summed E-state index contributed by atoms with van der Waals surface area (Å²) in [7, 11) is 3.43. The highest BCUT2D eigenvalue weighted by Gasteiger charge is 2.14. The molecule has 0 saturated heterocycles. The zero-order valence-corrected chi connectivity index (χ0v) is 19.3. The molecule has 0 atom stereocenters. The molecule has 0 spiro atoms. The summed E-state index contributed by atoms with van der Waals surface area (Å²) < 4.78 is 10.9. The van der Waals surface area contributed by atoms with Gasteiger partial charge in [-0.3, -0.25) is 9.98 Å². The quantitative estimate of drug-likeness (QED) is 0.354. The molecule has 2 rings (SSSR count). The summed E-state index contributed by atoms with van der Waals surface area (Å²) in [5.41, 5.74) is 5.11. The Labute approximate surface area is 178 Å². The fraction of sp³-hybridized carbons (Fsp3) is 0.526. The Bertz CT molecular complexity index is 752. The van der Waals surface area contributed by atoms with Crippen molar-refractivity contribution in [1.29, 1.82) is 0 Å². The van der Waals surface area contributed by atoms with E-state index >= 15 is 0 Å². The van der Waals surface area contributed by atoms with Crippen LogP contribution in [0.3, 0.4) is 0 Å². The molecule has 2 N–H and O–H groups in total. The SMILES string of the molecule is CCc1noc(CC)c1CNC(=NC)NCc1ncc(C)c(OC)c1C.I. The van der Waals surface area contributed by atoms with E-state index in [2.05, 4.69) is 39.6 Å². The fourth-order valence-electron chi connectivity index (χ4n) is 2.95. The number of rotatable bonds is 7. The summed E-state index contributed by atoms with van der Waals surface area (Å²) in [6.45, 7) is 9.34. The Morgan fingerprint density at radius 3 is 2.44 bits per heavy atom. The van der Waals surface area contributed by atoms with Gasteiger partial charge in [-0.25, -0.2) is 0 Å². The third-order valence-electron chi connectivity index (χ3n) is 4.44. The van der Waals surface area contributed by atoms with Gasteiger partial charge in [0.05, 0.1) is 25.0 Å². The summed E-state index contributed by atoms with van der Waals surface area (Å²) >= 11 is 0. The van der Waals surface area contributed by atoms with Gasteiger partial charge in [-0.15, -0.1) is 24.0 Å². The second-order valence-electron chi connectivity index (χ2n) is 6.06. The van der Waals surface area contributed by atoms with E-state index in [-0.39, 0.29) is 24.0 Å². The van der Waals surface area contributed by atoms with Crippen LogP contribution in [0.25, 0.3) is 0 Å². The normalized spacial score (nSPS) is 11.1. The van der Waals surface area contributed by atoms with Crippen molar-refractivity contribution in [3.8, 4) is 5.75 Å². The maximum absolute atomic E-state index is 5.47. The number of nitrogens with one attached hydrogen (secondary N) is 2. The molecule has 0 aliphatic heterocycles. The van der Waals surface area contributed by atoms with Gasteiger partial charge in [0.2, 0.25) is 0 Å². The van der Waals surface area contributed by atoms with Crippen molar-refractivity contribution in [3.63, 3.8) is 0 Å². The monoisotopic (exact) mass is 487 g/mol. The molecular formula is C19H30IN5O2. The second-order valence-corrected chi connectivity index (χ2v) is 6.06. The molecule has 0 unspecified atom stereocenters. The Balaban J connectivity index is 0.00000364. The van der Waals surface area contributed by atoms with Crippen LogP contribution in [0.15, 0.2) is 15.7 Å². The van der Waals surface area contributed by atoms with Gasteiger partial charge in [0, 0.05) is 42.9 Å². The summed E-state index contributed by atoms with van der Waals surface area (Å²) in [4.78, 5) is 8.79. The van der Waals surface area contributed by atoms with Gasteiger partial charge >= 0.3 is 0 Å². The van der Waals surface area contributed by atoms with E-state index in [0.717, 1.165) is 52.4 Å². The lowest BCUT2D eigenvalue weighted by molar-refractivity contribution is 0.380. The van der Waals surface area contributed by atoms with E-state index in [0.29, 0.717) is 19.0 Å². The number of halogens is 1. The van der Waals surface area contributed by atoms with Gasteiger partial charge in [-0.2, -0.15) is 0 Å². The van der Waals surface area contributed by atoms with Crippen molar-refractivity contribution in [2.75, 3.05) is 14.2 Å². The van der Waals surface area contributed by atoms with Gasteiger partial charge < -0.3 is 19.9 Å². The molecule has 7 nitrogen and oxygen atoms in total. The van der Waals surface area contributed by atoms with Crippen molar-refractivity contribution < 1.29 is 9.26 Å². The molecule has 0 saturated carbocycles. The average Bonchev–Trinajstić information content (AvgIpc) is 3.05. The average molecular weight is 487 g/mol. The molecular weight excluding hydrogens is 457 g/mol. The highest BCUT2D eigenvalue weighted by atomic mass is 127. The lowest BCUT2D eigenvalue weighted by Gasteiger charge is -2.15. The predicted octanol–water partition coefficient (Wildman–Crippen LogP) is 3.30. The first kappa shape index (κ1) is 23.2. The molecule has 0 amide bonds. The second kappa shape index (κ2) is 11.1. The van der Waals surface area contributed by atoms with E-state index in [9.17, 15) is 0 Å². The van der Waals surface area contributed by atoms with Crippen LogP contribution in [0, 0.1) is 13.8 Å². The smallest absolute Gasteiger partial charge is 0.191 e. The number of ether oxygens (including phenoxy) is 1. The van der Waals surface area contributed by atoms with Gasteiger partial charge in [0.15, 0.2) is 5.96 Å². The lowest BCUT2D eigenvalue weighted by atomic mass is 10.1. The number of aryl methyl sites for hydroxylation is 3. The molecule has 2 aromatic rings. The van der Waals surface area contributed by atoms with Crippen LogP contribution in [0.4, 0.5) is 0 Å². The van der Waals surface area contributed by atoms with Crippen LogP contribution in [-0.2, 0) is 25.9 Å². The van der Waals surface area contributed by atoms with Crippen LogP contribution >= 0.6 is 24.0 Å². The molecule has 0 aliphatic rings. The molecule has 0 radical (unpaired) electrons. The van der Waals surface area contributed by atoms with Crippen LogP contribution < -0.4 is 15.4 Å². The van der Waals surface area contributed by atoms with E-state index in [1.54, 1.807) is 14.2 Å². The third-order valence-corrected chi connectivity index (χ3v) is 4.44. The molecule has 27 heavy (non-hydrogen) atoms. The van der Waals surface area contributed by atoms with Crippen LogP contribution in [-0.4, -0.2) is 30.3 Å². The summed E-state index contributed by atoms with van der Waals surface area (Å²) in [6, 6.07) is 0. The summed E-state index contributed by atoms with van der Waals surface area (Å²) in [6.07, 6.45) is 3.50. The van der Waals surface area contributed by atoms with E-state index in [4.69, 9.17) is 9.26 Å². The number of aliphatic imine (C=N–C) groups is 1. The predicted molar refractivity (Wildman–Crippen MR) is 118 cm³/mol. The molecule has 150 valence electrons. The molecule has 0 aromatic carbocycles. The first-order valence-corrected chi connectivity index (χ1v) is 8.95. The molecule has 2 aromatic heterocycles. The van der Waals surface area contributed by atoms with Crippen molar-refractivity contribution in [2.45, 2.75) is 53.6 Å². The maximum Gasteiger partial charge on any atom is 0.191 e. The first-order chi connectivity index (χ1) is 12.5. The van der Waals surface area contributed by atoms with E-state index in [1.165, 1.54) is 0 Å². The largest absolute Gasteiger partial charge is 0.496 e. The highest BCUT2D eigenvalue weighted by molar-refractivity contribution is 14.0. The van der Waals surface area contributed by atoms with Gasteiger partial charge in [-0.1, -0.05) is 19.0 Å². The van der Waals surface area contributed by atoms with Crippen molar-refractivity contribution in [3.05, 3.63) is 40.0 Å². The Hall–Kier alpha value is -1.84. The molecule has 2 heterocycles. The minimum atomic E-state index is 0. The lowest BCUT2D eigenvalue weighted by Crippen LogP contribution is -2.37. The standard InChI is InChI=1S/C19H29N5O2.HI/c1-7-15-14(17(8-2)26-24-15)10-22-19(20-5)23-11-16-13(4)18(25-6)12(3)9-21-16;/h9H,7-8,10-11H2,1-6H3,(H2,20,22,23);1H. The Morgan fingerprint density at radius 2 is 1.85 bits per heavy atom. The van der Waals surface area contributed by atoms with E-state index in [1.807, 2.05) is 20.0 Å². The number of methoxy groups -OCH3 is 1. The molecule has 0 bridgehead atoms. The van der Waals surface area contributed by atoms with Crippen LogP contribution in [0.2, 0.25) is 0 Å².